The molecule has 4 heteroatoms. The molecule has 0 saturated heterocycles. The maximum Gasteiger partial charge on any atom is 0.176 e. The number of aliphatic hydroxyl groups excluding tert-OH is 2. The lowest BCUT2D eigenvalue weighted by Gasteiger charge is -2.18. The summed E-state index contributed by atoms with van der Waals surface area (Å²) in [5, 5.41) is 28.5. The van der Waals surface area contributed by atoms with E-state index in [4.69, 9.17) is 5.41 Å². The number of rotatable bonds is 35. The second-order valence-corrected chi connectivity index (χ2v) is 13.3. The largest absolute Gasteiger partial charge is 0.396 e. The minimum atomic E-state index is -0.968. The van der Waals surface area contributed by atoms with E-state index in [-0.39, 0.29) is 18.1 Å². The summed E-state index contributed by atoms with van der Waals surface area (Å²) in [6.07, 6.45) is 40.5. The molecule has 0 heterocycles. The van der Waals surface area contributed by atoms with Crippen molar-refractivity contribution in [3.8, 4) is 0 Å². The van der Waals surface area contributed by atoms with Gasteiger partial charge in [-0.05, 0) is 19.3 Å². The monoisotopic (exact) mass is 606 g/mol. The van der Waals surface area contributed by atoms with Crippen molar-refractivity contribution in [2.24, 2.45) is 5.92 Å². The number of allylic oxidation sites excluding steroid dienone is 1. The molecule has 0 aliphatic heterocycles. The van der Waals surface area contributed by atoms with Crippen molar-refractivity contribution in [3.05, 3.63) is 12.2 Å². The van der Waals surface area contributed by atoms with Crippen LogP contribution < -0.4 is 0 Å². The van der Waals surface area contributed by atoms with Gasteiger partial charge in [-0.3, -0.25) is 4.79 Å². The van der Waals surface area contributed by atoms with Crippen LogP contribution in [0.25, 0.3) is 0 Å². The Hall–Kier alpha value is -1.00. The highest BCUT2D eigenvalue weighted by atomic mass is 16.3. The summed E-state index contributed by atoms with van der Waals surface area (Å²) in [6, 6.07) is 0. The van der Waals surface area contributed by atoms with Gasteiger partial charge in [-0.15, -0.1) is 0 Å². The van der Waals surface area contributed by atoms with E-state index in [1.54, 1.807) is 6.08 Å². The van der Waals surface area contributed by atoms with Crippen molar-refractivity contribution < 1.29 is 15.0 Å². The lowest BCUT2D eigenvalue weighted by molar-refractivity contribution is -0.113. The van der Waals surface area contributed by atoms with Crippen molar-refractivity contribution in [1.29, 1.82) is 5.41 Å². The summed E-state index contributed by atoms with van der Waals surface area (Å²) in [5.74, 6) is -1.04. The molecule has 0 amide bonds. The van der Waals surface area contributed by atoms with Crippen molar-refractivity contribution >= 4 is 11.5 Å². The molecule has 0 unspecified atom stereocenters. The van der Waals surface area contributed by atoms with Gasteiger partial charge in [0.1, 0.15) is 0 Å². The molecule has 2 atom stereocenters. The normalized spacial score (nSPS) is 13.1. The second kappa shape index (κ2) is 33.9. The van der Waals surface area contributed by atoms with Crippen molar-refractivity contribution in [2.75, 3.05) is 6.61 Å². The molecule has 0 rings (SSSR count). The van der Waals surface area contributed by atoms with E-state index < -0.39 is 12.0 Å². The molecule has 0 bridgehead atoms. The summed E-state index contributed by atoms with van der Waals surface area (Å²) in [6.45, 7) is 4.17. The number of aliphatic hydroxyl groups is 2. The standard InChI is InChI=1S/C39H75NO3/c1-3-5-7-9-11-13-15-17-18-19-20-22-24-26-28-30-32-34-38(43)39(40)36(35-41)37(42)33-31-29-27-25-23-21-16-14-12-10-8-6-4-2/h31,33,36-37,40-42H,3-30,32,34-35H2,1-2H3/b33-31+,40-39?/t36-,37+/m0/s1. The van der Waals surface area contributed by atoms with E-state index in [1.165, 1.54) is 154 Å². The SMILES string of the molecule is CCCCCCCCCCCCC/C=C/[C@@H](O)[C@H](CO)C(=N)C(=O)CCCCCCCCCCCCCCCCCCC. The van der Waals surface area contributed by atoms with Crippen LogP contribution in [0.15, 0.2) is 12.2 Å². The van der Waals surface area contributed by atoms with Gasteiger partial charge in [-0.1, -0.05) is 193 Å². The molecular weight excluding hydrogens is 530 g/mol. The third-order valence-electron chi connectivity index (χ3n) is 9.10. The van der Waals surface area contributed by atoms with Crippen molar-refractivity contribution in [1.82, 2.24) is 0 Å². The number of hydrogen-bond donors (Lipinski definition) is 3. The van der Waals surface area contributed by atoms with E-state index in [2.05, 4.69) is 13.8 Å². The number of unbranched alkanes of at least 4 members (excludes halogenated alkanes) is 27. The number of ketones is 1. The minimum Gasteiger partial charge on any atom is -0.396 e. The Labute approximate surface area is 268 Å². The summed E-state index contributed by atoms with van der Waals surface area (Å²) < 4.78 is 0. The van der Waals surface area contributed by atoms with Crippen LogP contribution in [0.5, 0.6) is 0 Å². The van der Waals surface area contributed by atoms with Crippen LogP contribution in [0.1, 0.15) is 206 Å². The number of Topliss-reactive ketones (excluding diaryl/α,β-unsaturated/α-hetero) is 1. The van der Waals surface area contributed by atoms with Gasteiger partial charge in [-0.25, -0.2) is 0 Å². The topological polar surface area (TPSA) is 81.4 Å². The molecular formula is C39H75NO3. The van der Waals surface area contributed by atoms with Gasteiger partial charge >= 0.3 is 0 Å². The fourth-order valence-electron chi connectivity index (χ4n) is 6.02. The summed E-state index contributed by atoms with van der Waals surface area (Å²) >= 11 is 0. The highest BCUT2D eigenvalue weighted by molar-refractivity contribution is 6.39. The van der Waals surface area contributed by atoms with Crippen molar-refractivity contribution in [3.63, 3.8) is 0 Å². The van der Waals surface area contributed by atoms with Gasteiger partial charge in [0.05, 0.1) is 24.3 Å². The van der Waals surface area contributed by atoms with Gasteiger partial charge in [0.25, 0.3) is 0 Å². The predicted octanol–water partition coefficient (Wildman–Crippen LogP) is 11.8. The first-order valence-corrected chi connectivity index (χ1v) is 19.2. The number of carbonyl (C=O) groups excluding carboxylic acids is 1. The highest BCUT2D eigenvalue weighted by Gasteiger charge is 2.25. The van der Waals surface area contributed by atoms with Crippen LogP contribution >= 0.6 is 0 Å². The molecule has 3 N–H and O–H groups in total. The number of hydrogen-bond acceptors (Lipinski definition) is 4. The molecule has 0 fully saturated rings. The maximum absolute atomic E-state index is 12.5. The summed E-state index contributed by atoms with van der Waals surface area (Å²) in [7, 11) is 0. The zero-order chi connectivity index (χ0) is 31.6. The highest BCUT2D eigenvalue weighted by Crippen LogP contribution is 2.16. The first-order valence-electron chi connectivity index (χ1n) is 19.2. The first kappa shape index (κ1) is 42.0. The van der Waals surface area contributed by atoms with Crippen LogP contribution in [0.2, 0.25) is 0 Å². The Morgan fingerprint density at radius 3 is 1.23 bits per heavy atom. The zero-order valence-corrected chi connectivity index (χ0v) is 29.0. The first-order chi connectivity index (χ1) is 21.1. The van der Waals surface area contributed by atoms with Crippen LogP contribution in [-0.4, -0.2) is 34.4 Å². The minimum absolute atomic E-state index is 0.120. The molecule has 0 spiro atoms. The van der Waals surface area contributed by atoms with Gasteiger partial charge in [-0.2, -0.15) is 0 Å². The Morgan fingerprint density at radius 1 is 0.558 bits per heavy atom. The molecule has 0 radical (unpaired) electrons. The van der Waals surface area contributed by atoms with E-state index in [9.17, 15) is 15.0 Å². The van der Waals surface area contributed by atoms with Crippen LogP contribution in [0, 0.1) is 11.3 Å². The number of nitrogens with one attached hydrogen (secondary N) is 1. The van der Waals surface area contributed by atoms with Gasteiger partial charge < -0.3 is 15.6 Å². The fraction of sp³-hybridized carbons (Fsp3) is 0.897. The molecule has 0 aliphatic carbocycles. The fourth-order valence-corrected chi connectivity index (χ4v) is 6.02. The molecule has 0 aromatic heterocycles. The zero-order valence-electron chi connectivity index (χ0n) is 29.0. The van der Waals surface area contributed by atoms with Crippen LogP contribution in [0.3, 0.4) is 0 Å². The van der Waals surface area contributed by atoms with Gasteiger partial charge in [0.2, 0.25) is 0 Å². The predicted molar refractivity (Wildman–Crippen MR) is 188 cm³/mol. The van der Waals surface area contributed by atoms with E-state index in [0.29, 0.717) is 6.42 Å². The van der Waals surface area contributed by atoms with Gasteiger partial charge in [0, 0.05) is 6.42 Å². The van der Waals surface area contributed by atoms with Gasteiger partial charge in [0.15, 0.2) is 5.78 Å². The molecule has 0 saturated carbocycles. The smallest absolute Gasteiger partial charge is 0.176 e. The average molecular weight is 606 g/mol. The van der Waals surface area contributed by atoms with Crippen molar-refractivity contribution in [2.45, 2.75) is 213 Å². The number of carbonyl (C=O) groups is 1. The Morgan fingerprint density at radius 2 is 0.884 bits per heavy atom. The molecule has 43 heavy (non-hydrogen) atoms. The quantitative estimate of drug-likeness (QED) is 0.0382. The Bertz CT molecular complexity index is 632. The molecule has 0 aromatic rings. The van der Waals surface area contributed by atoms with E-state index in [0.717, 1.165) is 32.1 Å². The molecule has 254 valence electrons. The molecule has 4 nitrogen and oxygen atoms in total. The molecule has 0 aliphatic rings. The van der Waals surface area contributed by atoms with Crippen LogP contribution in [0.4, 0.5) is 0 Å². The second-order valence-electron chi connectivity index (χ2n) is 13.3. The third kappa shape index (κ3) is 28.2. The Balaban J connectivity index is 3.71. The Kier molecular flexibility index (Phi) is 33.1. The third-order valence-corrected chi connectivity index (χ3v) is 9.10. The lowest BCUT2D eigenvalue weighted by atomic mass is 9.92. The summed E-state index contributed by atoms with van der Waals surface area (Å²) in [5.41, 5.74) is -0.120. The molecule has 0 aromatic carbocycles. The lowest BCUT2D eigenvalue weighted by Crippen LogP contribution is -2.34. The maximum atomic E-state index is 12.5. The van der Waals surface area contributed by atoms with Crippen LogP contribution in [-0.2, 0) is 4.79 Å². The summed E-state index contributed by atoms with van der Waals surface area (Å²) in [4.78, 5) is 12.5. The average Bonchev–Trinajstić information content (AvgIpc) is 3.01. The van der Waals surface area contributed by atoms with E-state index in [1.807, 2.05) is 6.08 Å². The van der Waals surface area contributed by atoms with E-state index >= 15 is 0 Å².